The first kappa shape index (κ1) is 21.9. The number of anilines is 1. The highest BCUT2D eigenvalue weighted by atomic mass is 16.5. The standard InChI is InChI=1S/C23H32N4O3/c1-16-13-27(14-17(2)30-16)15-19-8-6-5-7-18(19)12-25-23(24)26-21-11-20(28-3)9-10-22(21)29-4/h5-11,16-17H,12-15H2,1-4H3,(H3,24,25,26). The van der Waals surface area contributed by atoms with Crippen LogP contribution in [0.3, 0.4) is 0 Å². The highest BCUT2D eigenvalue weighted by Crippen LogP contribution is 2.28. The fourth-order valence-electron chi connectivity index (χ4n) is 3.78. The molecule has 1 heterocycles. The molecule has 1 aliphatic heterocycles. The largest absolute Gasteiger partial charge is 0.497 e. The molecule has 0 saturated carbocycles. The number of nitrogens with zero attached hydrogens (tertiary/aromatic N) is 2. The van der Waals surface area contributed by atoms with Gasteiger partial charge in [-0.1, -0.05) is 24.3 Å². The molecule has 0 amide bonds. The Morgan fingerprint density at radius 2 is 1.80 bits per heavy atom. The van der Waals surface area contributed by atoms with Crippen LogP contribution in [0.2, 0.25) is 0 Å². The van der Waals surface area contributed by atoms with Gasteiger partial charge in [0, 0.05) is 25.7 Å². The summed E-state index contributed by atoms with van der Waals surface area (Å²) < 4.78 is 16.5. The van der Waals surface area contributed by atoms with Crippen molar-refractivity contribution >= 4 is 11.6 Å². The van der Waals surface area contributed by atoms with Crippen LogP contribution in [0.1, 0.15) is 25.0 Å². The normalized spacial score (nSPS) is 20.1. The van der Waals surface area contributed by atoms with Gasteiger partial charge in [0.25, 0.3) is 0 Å². The number of nitrogens with two attached hydrogens (primary N) is 1. The van der Waals surface area contributed by atoms with Crippen molar-refractivity contribution in [1.29, 1.82) is 0 Å². The monoisotopic (exact) mass is 412 g/mol. The highest BCUT2D eigenvalue weighted by Gasteiger charge is 2.22. The van der Waals surface area contributed by atoms with E-state index in [9.17, 15) is 0 Å². The van der Waals surface area contributed by atoms with Gasteiger partial charge in [0.2, 0.25) is 0 Å². The minimum atomic E-state index is 0.247. The van der Waals surface area contributed by atoms with E-state index in [0.29, 0.717) is 29.7 Å². The van der Waals surface area contributed by atoms with E-state index >= 15 is 0 Å². The summed E-state index contributed by atoms with van der Waals surface area (Å²) in [5.74, 6) is 1.71. The van der Waals surface area contributed by atoms with Gasteiger partial charge in [-0.2, -0.15) is 0 Å². The lowest BCUT2D eigenvalue weighted by Gasteiger charge is -2.35. The zero-order valence-corrected chi connectivity index (χ0v) is 18.2. The van der Waals surface area contributed by atoms with Gasteiger partial charge in [-0.15, -0.1) is 0 Å². The number of methoxy groups -OCH3 is 2. The number of morpholine rings is 1. The number of rotatable bonds is 7. The number of hydrogen-bond donors (Lipinski definition) is 2. The Bertz CT molecular complexity index is 861. The van der Waals surface area contributed by atoms with E-state index in [-0.39, 0.29) is 12.2 Å². The predicted molar refractivity (Wildman–Crippen MR) is 120 cm³/mol. The van der Waals surface area contributed by atoms with Crippen LogP contribution in [-0.4, -0.2) is 50.4 Å². The number of hydrogen-bond acceptors (Lipinski definition) is 5. The van der Waals surface area contributed by atoms with Gasteiger partial charge < -0.3 is 25.3 Å². The molecule has 0 aliphatic carbocycles. The lowest BCUT2D eigenvalue weighted by molar-refractivity contribution is -0.0705. The first-order chi connectivity index (χ1) is 14.5. The summed E-state index contributed by atoms with van der Waals surface area (Å²) in [5, 5.41) is 3.11. The molecule has 7 nitrogen and oxygen atoms in total. The summed E-state index contributed by atoms with van der Waals surface area (Å²) in [6.07, 6.45) is 0.494. The molecular formula is C23H32N4O3. The summed E-state index contributed by atoms with van der Waals surface area (Å²) in [6, 6.07) is 13.9. The molecule has 0 aromatic heterocycles. The predicted octanol–water partition coefficient (Wildman–Crippen LogP) is 3.24. The fourth-order valence-corrected chi connectivity index (χ4v) is 3.78. The maximum Gasteiger partial charge on any atom is 0.193 e. The summed E-state index contributed by atoms with van der Waals surface area (Å²) >= 11 is 0. The van der Waals surface area contributed by atoms with E-state index in [0.717, 1.165) is 25.2 Å². The molecule has 2 aromatic rings. The molecule has 30 heavy (non-hydrogen) atoms. The van der Waals surface area contributed by atoms with Crippen LogP contribution in [0.15, 0.2) is 47.5 Å². The van der Waals surface area contributed by atoms with Crippen molar-refractivity contribution in [3.8, 4) is 11.5 Å². The van der Waals surface area contributed by atoms with Crippen LogP contribution >= 0.6 is 0 Å². The Balaban J connectivity index is 1.69. The highest BCUT2D eigenvalue weighted by molar-refractivity contribution is 5.94. The van der Waals surface area contributed by atoms with Crippen LogP contribution in [0.25, 0.3) is 0 Å². The maximum atomic E-state index is 6.15. The first-order valence-corrected chi connectivity index (χ1v) is 10.2. The van der Waals surface area contributed by atoms with Gasteiger partial charge in [0.15, 0.2) is 5.96 Å². The third-order valence-corrected chi connectivity index (χ3v) is 5.10. The van der Waals surface area contributed by atoms with E-state index in [1.807, 2.05) is 24.3 Å². The third-order valence-electron chi connectivity index (χ3n) is 5.10. The van der Waals surface area contributed by atoms with Crippen molar-refractivity contribution in [3.63, 3.8) is 0 Å². The Labute approximate surface area is 178 Å². The number of benzene rings is 2. The minimum Gasteiger partial charge on any atom is -0.497 e. The zero-order chi connectivity index (χ0) is 21.5. The van der Waals surface area contributed by atoms with Crippen molar-refractivity contribution in [2.45, 2.75) is 39.1 Å². The molecule has 0 bridgehead atoms. The van der Waals surface area contributed by atoms with E-state index in [1.54, 1.807) is 14.2 Å². The molecule has 162 valence electrons. The lowest BCUT2D eigenvalue weighted by Crippen LogP contribution is -2.44. The van der Waals surface area contributed by atoms with Crippen LogP contribution in [0.5, 0.6) is 11.5 Å². The molecule has 2 aromatic carbocycles. The quantitative estimate of drug-likeness (QED) is 0.537. The summed E-state index contributed by atoms with van der Waals surface area (Å²) in [4.78, 5) is 6.98. The first-order valence-electron chi connectivity index (χ1n) is 10.2. The lowest BCUT2D eigenvalue weighted by atomic mass is 10.1. The maximum absolute atomic E-state index is 6.15. The van der Waals surface area contributed by atoms with Crippen LogP contribution in [0.4, 0.5) is 5.69 Å². The summed E-state index contributed by atoms with van der Waals surface area (Å²) in [7, 11) is 3.24. The fraction of sp³-hybridized carbons (Fsp3) is 0.435. The molecule has 3 rings (SSSR count). The second kappa shape index (κ2) is 10.3. The average Bonchev–Trinajstić information content (AvgIpc) is 2.72. The van der Waals surface area contributed by atoms with Crippen molar-refractivity contribution < 1.29 is 14.2 Å². The van der Waals surface area contributed by atoms with Gasteiger partial charge in [-0.25, -0.2) is 4.99 Å². The second-order valence-electron chi connectivity index (χ2n) is 7.61. The summed E-state index contributed by atoms with van der Waals surface area (Å²) in [6.45, 7) is 7.48. The van der Waals surface area contributed by atoms with Gasteiger partial charge in [-0.05, 0) is 37.1 Å². The number of nitrogens with one attached hydrogen (secondary N) is 1. The molecule has 1 fully saturated rings. The van der Waals surface area contributed by atoms with Crippen LogP contribution < -0.4 is 20.5 Å². The molecule has 2 atom stereocenters. The zero-order valence-electron chi connectivity index (χ0n) is 18.2. The minimum absolute atomic E-state index is 0.247. The second-order valence-corrected chi connectivity index (χ2v) is 7.61. The van der Waals surface area contributed by atoms with Crippen LogP contribution in [-0.2, 0) is 17.8 Å². The van der Waals surface area contributed by atoms with Gasteiger partial charge in [-0.3, -0.25) is 4.90 Å². The van der Waals surface area contributed by atoms with Crippen molar-refractivity contribution in [3.05, 3.63) is 53.6 Å². The molecule has 3 N–H and O–H groups in total. The van der Waals surface area contributed by atoms with Gasteiger partial charge >= 0.3 is 0 Å². The Hall–Kier alpha value is -2.77. The number of aliphatic imine (C=N–C) groups is 1. The van der Waals surface area contributed by atoms with Gasteiger partial charge in [0.05, 0.1) is 38.7 Å². The molecule has 1 saturated heterocycles. The molecule has 1 aliphatic rings. The molecule has 7 heteroatoms. The molecule has 2 unspecified atom stereocenters. The topological polar surface area (TPSA) is 81.3 Å². The third kappa shape index (κ3) is 5.87. The Kier molecular flexibility index (Phi) is 7.54. The van der Waals surface area contributed by atoms with Gasteiger partial charge in [0.1, 0.15) is 11.5 Å². The SMILES string of the molecule is COc1ccc(OC)c(NC(N)=NCc2ccccc2CN2CC(C)OC(C)C2)c1. The number of guanidine groups is 1. The molecule has 0 spiro atoms. The average molecular weight is 413 g/mol. The van der Waals surface area contributed by atoms with Crippen molar-refractivity contribution in [2.75, 3.05) is 32.6 Å². The Morgan fingerprint density at radius 1 is 1.10 bits per heavy atom. The number of ether oxygens (including phenoxy) is 3. The van der Waals surface area contributed by atoms with E-state index in [4.69, 9.17) is 19.9 Å². The summed E-state index contributed by atoms with van der Waals surface area (Å²) in [5.41, 5.74) is 9.28. The van der Waals surface area contributed by atoms with Crippen LogP contribution in [0, 0.1) is 0 Å². The molecular weight excluding hydrogens is 380 g/mol. The van der Waals surface area contributed by atoms with Crippen molar-refractivity contribution in [1.82, 2.24) is 4.90 Å². The smallest absolute Gasteiger partial charge is 0.193 e. The van der Waals surface area contributed by atoms with Crippen molar-refractivity contribution in [2.24, 2.45) is 10.7 Å². The van der Waals surface area contributed by atoms with E-state index in [2.05, 4.69) is 47.3 Å². The van der Waals surface area contributed by atoms with E-state index in [1.165, 1.54) is 5.56 Å². The van der Waals surface area contributed by atoms with E-state index < -0.39 is 0 Å². The Morgan fingerprint density at radius 3 is 2.47 bits per heavy atom. The molecule has 0 radical (unpaired) electrons.